The zero-order valence-corrected chi connectivity index (χ0v) is 10.6. The van der Waals surface area contributed by atoms with E-state index in [0.717, 1.165) is 23.0 Å². The highest BCUT2D eigenvalue weighted by molar-refractivity contribution is 5.88. The van der Waals surface area contributed by atoms with Gasteiger partial charge in [-0.2, -0.15) is 15.4 Å². The van der Waals surface area contributed by atoms with Gasteiger partial charge in [-0.25, -0.2) is 0 Å². The normalized spacial score (nSPS) is 12.3. The highest BCUT2D eigenvalue weighted by Gasteiger charge is 2.21. The highest BCUT2D eigenvalue weighted by Crippen LogP contribution is 2.27. The molecule has 5 nitrogen and oxygen atoms in total. The smallest absolute Gasteiger partial charge is 0.246 e. The van der Waals surface area contributed by atoms with Gasteiger partial charge in [-0.1, -0.05) is 25.6 Å². The van der Waals surface area contributed by atoms with Crippen molar-refractivity contribution in [3.8, 4) is 0 Å². The van der Waals surface area contributed by atoms with Crippen LogP contribution in [0.5, 0.6) is 0 Å². The van der Waals surface area contributed by atoms with Crippen LogP contribution in [-0.4, -0.2) is 33.3 Å². The zero-order valence-electron chi connectivity index (χ0n) is 10.6. The number of aromatic amines is 1. The quantitative estimate of drug-likeness (QED) is 0.837. The number of likely N-dealkylation sites (N-methyl/N-ethyl adjacent to an activating group) is 1. The minimum atomic E-state index is -0.0950. The van der Waals surface area contributed by atoms with Gasteiger partial charge in [0.1, 0.15) is 11.0 Å². The molecule has 0 radical (unpaired) electrons. The van der Waals surface area contributed by atoms with E-state index in [0.29, 0.717) is 0 Å². The third-order valence-electron chi connectivity index (χ3n) is 3.11. The average molecular weight is 244 g/mol. The number of rotatable bonds is 4. The molecule has 1 N–H and O–H groups in total. The lowest BCUT2D eigenvalue weighted by Crippen LogP contribution is -2.29. The molecule has 0 aliphatic heterocycles. The molecule has 1 aromatic carbocycles. The summed E-state index contributed by atoms with van der Waals surface area (Å²) in [6.45, 7) is 5.56. The van der Waals surface area contributed by atoms with Crippen LogP contribution >= 0.6 is 0 Å². The van der Waals surface area contributed by atoms with Gasteiger partial charge in [0.05, 0.1) is 6.04 Å². The van der Waals surface area contributed by atoms with E-state index in [1.807, 2.05) is 25.1 Å². The Morgan fingerprint density at radius 1 is 1.56 bits per heavy atom. The molecule has 0 bridgehead atoms. The molecule has 2 rings (SSSR count). The molecule has 0 aliphatic rings. The molecule has 1 unspecified atom stereocenters. The molecule has 2 aromatic rings. The first-order chi connectivity index (χ1) is 8.69. The maximum absolute atomic E-state index is 11.7. The maximum atomic E-state index is 11.7. The fourth-order valence-corrected chi connectivity index (χ4v) is 2.16. The monoisotopic (exact) mass is 244 g/mol. The number of amides is 1. The van der Waals surface area contributed by atoms with Crippen molar-refractivity contribution < 1.29 is 4.79 Å². The van der Waals surface area contributed by atoms with Crippen LogP contribution < -0.4 is 0 Å². The Hall–Kier alpha value is -2.17. The molecule has 0 saturated carbocycles. The van der Waals surface area contributed by atoms with Crippen LogP contribution in [0.1, 0.15) is 24.9 Å². The van der Waals surface area contributed by atoms with Gasteiger partial charge in [0.2, 0.25) is 5.91 Å². The second kappa shape index (κ2) is 5.00. The topological polar surface area (TPSA) is 61.9 Å². The van der Waals surface area contributed by atoms with Crippen molar-refractivity contribution in [1.29, 1.82) is 0 Å². The molecule has 1 heterocycles. The number of benzene rings is 1. The lowest BCUT2D eigenvalue weighted by atomic mass is 10.0. The maximum Gasteiger partial charge on any atom is 0.246 e. The summed E-state index contributed by atoms with van der Waals surface area (Å²) in [5, 5.41) is 10.8. The summed E-state index contributed by atoms with van der Waals surface area (Å²) in [5.74, 6) is -0.0950. The number of hydrogen-bond donors (Lipinski definition) is 1. The van der Waals surface area contributed by atoms with Gasteiger partial charge in [-0.05, 0) is 18.6 Å². The molecule has 0 saturated heterocycles. The molecule has 1 aromatic heterocycles. The largest absolute Gasteiger partial charge is 0.335 e. The number of nitrogens with one attached hydrogen (secondary N) is 1. The molecule has 0 aliphatic carbocycles. The van der Waals surface area contributed by atoms with Crippen molar-refractivity contribution in [2.24, 2.45) is 0 Å². The number of fused-ring (bicyclic) bond motifs is 1. The number of hydrogen-bond acceptors (Lipinski definition) is 3. The van der Waals surface area contributed by atoms with Crippen LogP contribution in [0.2, 0.25) is 0 Å². The van der Waals surface area contributed by atoms with Gasteiger partial charge in [-0.15, -0.1) is 0 Å². The highest BCUT2D eigenvalue weighted by atomic mass is 16.2. The van der Waals surface area contributed by atoms with Crippen LogP contribution in [0.4, 0.5) is 0 Å². The van der Waals surface area contributed by atoms with Crippen molar-refractivity contribution >= 4 is 16.9 Å². The number of para-hydroxylation sites is 1. The van der Waals surface area contributed by atoms with Gasteiger partial charge in [0, 0.05) is 12.6 Å². The van der Waals surface area contributed by atoms with E-state index in [9.17, 15) is 4.79 Å². The standard InChI is InChI=1S/C13H16N4O/c1-4-11(17(3)12(18)5-2)9-7-6-8-10-13(9)15-16-14-10/h5-8,11H,2,4H2,1,3H3,(H,14,15,16). The van der Waals surface area contributed by atoms with Gasteiger partial charge >= 0.3 is 0 Å². The molecule has 0 spiro atoms. The van der Waals surface area contributed by atoms with Gasteiger partial charge < -0.3 is 4.90 Å². The van der Waals surface area contributed by atoms with Gasteiger partial charge in [0.15, 0.2) is 0 Å². The van der Waals surface area contributed by atoms with E-state index in [1.54, 1.807) is 11.9 Å². The van der Waals surface area contributed by atoms with Crippen molar-refractivity contribution in [3.05, 3.63) is 36.4 Å². The predicted octanol–water partition coefficient (Wildman–Crippen LogP) is 2.05. The van der Waals surface area contributed by atoms with E-state index >= 15 is 0 Å². The lowest BCUT2D eigenvalue weighted by molar-refractivity contribution is -0.126. The average Bonchev–Trinajstić information content (AvgIpc) is 2.87. The van der Waals surface area contributed by atoms with E-state index in [-0.39, 0.29) is 11.9 Å². The molecule has 18 heavy (non-hydrogen) atoms. The van der Waals surface area contributed by atoms with Crippen LogP contribution in [-0.2, 0) is 4.79 Å². The van der Waals surface area contributed by atoms with E-state index < -0.39 is 0 Å². The molecule has 1 amide bonds. The summed E-state index contributed by atoms with van der Waals surface area (Å²) in [6.07, 6.45) is 2.13. The van der Waals surface area contributed by atoms with Gasteiger partial charge in [0.25, 0.3) is 0 Å². The number of nitrogens with zero attached hydrogens (tertiary/aromatic N) is 3. The molecular formula is C13H16N4O. The van der Waals surface area contributed by atoms with Crippen molar-refractivity contribution in [1.82, 2.24) is 20.3 Å². The van der Waals surface area contributed by atoms with E-state index in [4.69, 9.17) is 0 Å². The first-order valence-corrected chi connectivity index (χ1v) is 5.87. The molecule has 5 heteroatoms. The molecule has 94 valence electrons. The molecule has 0 fully saturated rings. The summed E-state index contributed by atoms with van der Waals surface area (Å²) in [6, 6.07) is 5.77. The number of carbonyl (C=O) groups is 1. The molecule has 1 atom stereocenters. The Bertz CT molecular complexity index is 575. The Morgan fingerprint density at radius 3 is 3.00 bits per heavy atom. The van der Waals surface area contributed by atoms with Crippen molar-refractivity contribution in [2.75, 3.05) is 7.05 Å². The van der Waals surface area contributed by atoms with Crippen LogP contribution in [0, 0.1) is 0 Å². The Labute approximate surface area is 105 Å². The van der Waals surface area contributed by atoms with E-state index in [1.165, 1.54) is 6.08 Å². The van der Waals surface area contributed by atoms with Crippen LogP contribution in [0.15, 0.2) is 30.9 Å². The fraction of sp³-hybridized carbons (Fsp3) is 0.308. The Kier molecular flexibility index (Phi) is 3.41. The van der Waals surface area contributed by atoms with Crippen molar-refractivity contribution in [3.63, 3.8) is 0 Å². The molecular weight excluding hydrogens is 228 g/mol. The first-order valence-electron chi connectivity index (χ1n) is 5.87. The minimum absolute atomic E-state index is 0.0238. The van der Waals surface area contributed by atoms with E-state index in [2.05, 4.69) is 22.0 Å². The second-order valence-electron chi connectivity index (χ2n) is 4.12. The minimum Gasteiger partial charge on any atom is -0.335 e. The summed E-state index contributed by atoms with van der Waals surface area (Å²) in [5.41, 5.74) is 2.62. The van der Waals surface area contributed by atoms with Gasteiger partial charge in [-0.3, -0.25) is 4.79 Å². The SMILES string of the molecule is C=CC(=O)N(C)C(CC)c1cccc2n[nH]nc12. The number of carbonyl (C=O) groups excluding carboxylic acids is 1. The number of aromatic nitrogens is 3. The fourth-order valence-electron chi connectivity index (χ4n) is 2.16. The predicted molar refractivity (Wildman–Crippen MR) is 69.9 cm³/mol. The van der Waals surface area contributed by atoms with Crippen LogP contribution in [0.25, 0.3) is 11.0 Å². The van der Waals surface area contributed by atoms with Crippen molar-refractivity contribution in [2.45, 2.75) is 19.4 Å². The number of H-pyrrole nitrogens is 1. The second-order valence-corrected chi connectivity index (χ2v) is 4.12. The zero-order chi connectivity index (χ0) is 13.1. The summed E-state index contributed by atoms with van der Waals surface area (Å²) in [4.78, 5) is 13.4. The third-order valence-corrected chi connectivity index (χ3v) is 3.11. The third kappa shape index (κ3) is 1.99. The first kappa shape index (κ1) is 12.3. The Morgan fingerprint density at radius 2 is 2.33 bits per heavy atom. The lowest BCUT2D eigenvalue weighted by Gasteiger charge is -2.26. The summed E-state index contributed by atoms with van der Waals surface area (Å²) in [7, 11) is 1.77. The summed E-state index contributed by atoms with van der Waals surface area (Å²) >= 11 is 0. The Balaban J connectivity index is 2.47. The van der Waals surface area contributed by atoms with Crippen LogP contribution in [0.3, 0.4) is 0 Å². The summed E-state index contributed by atoms with van der Waals surface area (Å²) < 4.78 is 0.